The van der Waals surface area contributed by atoms with Gasteiger partial charge in [-0.15, -0.1) is 0 Å². The molecule has 0 aliphatic heterocycles. The summed E-state index contributed by atoms with van der Waals surface area (Å²) in [4.78, 5) is 0. The quantitative estimate of drug-likeness (QED) is 0.825. The van der Waals surface area contributed by atoms with Gasteiger partial charge >= 0.3 is 0 Å². The predicted octanol–water partition coefficient (Wildman–Crippen LogP) is 3.14. The highest BCUT2D eigenvalue weighted by molar-refractivity contribution is 7.71. The van der Waals surface area contributed by atoms with Crippen LogP contribution in [0.25, 0.3) is 0 Å². The third-order valence-electron chi connectivity index (χ3n) is 2.97. The van der Waals surface area contributed by atoms with Crippen LogP contribution in [-0.4, -0.2) is 21.9 Å². The number of hydrogen-bond acceptors (Lipinski definition) is 4. The van der Waals surface area contributed by atoms with Crippen molar-refractivity contribution in [1.82, 2.24) is 14.8 Å². The fourth-order valence-electron chi connectivity index (χ4n) is 2.03. The minimum absolute atomic E-state index is 0.0317. The highest BCUT2D eigenvalue weighted by atomic mass is 32.1. The van der Waals surface area contributed by atoms with Gasteiger partial charge in [0.2, 0.25) is 0 Å². The topological polar surface area (TPSA) is 54.9 Å². The van der Waals surface area contributed by atoms with Crippen molar-refractivity contribution in [3.63, 3.8) is 0 Å². The molecule has 1 atom stereocenters. The molecule has 0 saturated heterocycles. The number of H-pyrrole nitrogens is 1. The number of nitrogens with one attached hydrogen (secondary N) is 2. The van der Waals surface area contributed by atoms with Gasteiger partial charge in [0.05, 0.1) is 18.8 Å². The monoisotopic (exact) mass is 278 g/mol. The number of aromatic nitrogens is 3. The number of anilines is 1. The predicted molar refractivity (Wildman–Crippen MR) is 78.1 cm³/mol. The van der Waals surface area contributed by atoms with Crippen molar-refractivity contribution in [3.8, 4) is 5.75 Å². The summed E-state index contributed by atoms with van der Waals surface area (Å²) in [6.07, 6.45) is 0. The van der Waals surface area contributed by atoms with Crippen LogP contribution in [0.5, 0.6) is 5.75 Å². The van der Waals surface area contributed by atoms with Crippen LogP contribution >= 0.6 is 12.2 Å². The van der Waals surface area contributed by atoms with Crippen LogP contribution < -0.4 is 10.1 Å². The van der Waals surface area contributed by atoms with E-state index in [9.17, 15) is 0 Å². The maximum Gasteiger partial charge on any atom is 0.195 e. The molecule has 1 heterocycles. The summed E-state index contributed by atoms with van der Waals surface area (Å²) in [5, 5.41) is 10.5. The van der Waals surface area contributed by atoms with E-state index in [1.54, 1.807) is 7.11 Å². The van der Waals surface area contributed by atoms with Crippen molar-refractivity contribution in [1.29, 1.82) is 0 Å². The smallest absolute Gasteiger partial charge is 0.195 e. The summed E-state index contributed by atoms with van der Waals surface area (Å²) < 4.78 is 7.94. The molecular formula is C13H18N4OS. The maximum absolute atomic E-state index is 5.33. The average Bonchev–Trinajstić information content (AvgIpc) is 2.80. The molecule has 2 N–H and O–H groups in total. The van der Waals surface area contributed by atoms with E-state index in [0.29, 0.717) is 4.77 Å². The molecule has 19 heavy (non-hydrogen) atoms. The van der Waals surface area contributed by atoms with Crippen molar-refractivity contribution in [3.05, 3.63) is 34.9 Å². The molecule has 6 heteroatoms. The Kier molecular flexibility index (Phi) is 4.21. The van der Waals surface area contributed by atoms with E-state index >= 15 is 0 Å². The molecule has 0 fully saturated rings. The molecule has 0 spiro atoms. The van der Waals surface area contributed by atoms with Crippen LogP contribution in [0, 0.1) is 4.77 Å². The Morgan fingerprint density at radius 1 is 1.47 bits per heavy atom. The number of benzene rings is 1. The lowest BCUT2D eigenvalue weighted by Crippen LogP contribution is -2.14. The Labute approximate surface area is 117 Å². The van der Waals surface area contributed by atoms with Gasteiger partial charge in [0.25, 0.3) is 0 Å². The second-order valence-corrected chi connectivity index (χ2v) is 4.58. The van der Waals surface area contributed by atoms with Crippen LogP contribution in [0.2, 0.25) is 0 Å². The normalized spacial score (nSPS) is 12.2. The van der Waals surface area contributed by atoms with Crippen molar-refractivity contribution in [2.45, 2.75) is 26.4 Å². The van der Waals surface area contributed by atoms with Gasteiger partial charge in [-0.2, -0.15) is 5.10 Å². The summed E-state index contributed by atoms with van der Waals surface area (Å²) in [5.74, 6) is 1.70. The lowest BCUT2D eigenvalue weighted by Gasteiger charge is -2.17. The summed E-state index contributed by atoms with van der Waals surface area (Å²) in [7, 11) is 1.66. The van der Waals surface area contributed by atoms with Gasteiger partial charge in [0, 0.05) is 6.54 Å². The standard InChI is InChI=1S/C13H18N4OS/c1-4-17-12(15-16-13(17)19)9(2)14-10-7-5-6-8-11(10)18-3/h5-9,14H,4H2,1-3H3,(H,16,19)/t9-/m0/s1. The summed E-state index contributed by atoms with van der Waals surface area (Å²) in [6.45, 7) is 4.89. The number of aromatic amines is 1. The molecule has 0 bridgehead atoms. The SMILES string of the molecule is CCn1c([C@H](C)Nc2ccccc2OC)n[nH]c1=S. The molecule has 0 amide bonds. The van der Waals surface area contributed by atoms with E-state index in [-0.39, 0.29) is 6.04 Å². The molecule has 0 aliphatic carbocycles. The summed E-state index contributed by atoms with van der Waals surface area (Å²) in [5.41, 5.74) is 0.939. The molecule has 1 aromatic carbocycles. The van der Waals surface area contributed by atoms with Crippen LogP contribution in [0.1, 0.15) is 25.7 Å². The molecule has 1 aromatic heterocycles. The Morgan fingerprint density at radius 2 is 2.21 bits per heavy atom. The largest absolute Gasteiger partial charge is 0.495 e. The van der Waals surface area contributed by atoms with E-state index in [2.05, 4.69) is 15.5 Å². The van der Waals surface area contributed by atoms with Crippen molar-refractivity contribution in [2.24, 2.45) is 0 Å². The minimum atomic E-state index is 0.0317. The number of hydrogen-bond donors (Lipinski definition) is 2. The molecule has 102 valence electrons. The molecule has 2 aromatic rings. The summed E-state index contributed by atoms with van der Waals surface area (Å²) in [6, 6.07) is 7.84. The average molecular weight is 278 g/mol. The van der Waals surface area contributed by atoms with Crippen LogP contribution in [-0.2, 0) is 6.54 Å². The van der Waals surface area contributed by atoms with Crippen LogP contribution in [0.4, 0.5) is 5.69 Å². The molecule has 0 radical (unpaired) electrons. The number of ether oxygens (including phenoxy) is 1. The van der Waals surface area contributed by atoms with Crippen molar-refractivity contribution >= 4 is 17.9 Å². The fraction of sp³-hybridized carbons (Fsp3) is 0.385. The molecule has 0 unspecified atom stereocenters. The molecule has 0 aliphatic rings. The van der Waals surface area contributed by atoms with E-state index < -0.39 is 0 Å². The third-order valence-corrected chi connectivity index (χ3v) is 3.28. The second-order valence-electron chi connectivity index (χ2n) is 4.20. The first kappa shape index (κ1) is 13.6. The number of nitrogens with zero attached hydrogens (tertiary/aromatic N) is 2. The highest BCUT2D eigenvalue weighted by Gasteiger charge is 2.14. The first-order valence-electron chi connectivity index (χ1n) is 6.22. The zero-order valence-electron chi connectivity index (χ0n) is 11.3. The summed E-state index contributed by atoms with van der Waals surface area (Å²) >= 11 is 5.20. The highest BCUT2D eigenvalue weighted by Crippen LogP contribution is 2.27. The number of para-hydroxylation sites is 2. The van der Waals surface area contributed by atoms with Crippen molar-refractivity contribution in [2.75, 3.05) is 12.4 Å². The van der Waals surface area contributed by atoms with Gasteiger partial charge in [0.1, 0.15) is 5.75 Å². The lowest BCUT2D eigenvalue weighted by atomic mass is 10.2. The fourth-order valence-corrected chi connectivity index (χ4v) is 2.30. The van der Waals surface area contributed by atoms with Gasteiger partial charge in [-0.25, -0.2) is 0 Å². The Morgan fingerprint density at radius 3 is 2.89 bits per heavy atom. The van der Waals surface area contributed by atoms with Gasteiger partial charge in [-0.3, -0.25) is 5.10 Å². The first-order valence-corrected chi connectivity index (χ1v) is 6.62. The number of rotatable bonds is 5. The molecule has 5 nitrogen and oxygen atoms in total. The van der Waals surface area contributed by atoms with Crippen LogP contribution in [0.15, 0.2) is 24.3 Å². The molecule has 2 rings (SSSR count). The third kappa shape index (κ3) is 2.78. The Hall–Kier alpha value is -1.82. The van der Waals surface area contributed by atoms with E-state index in [0.717, 1.165) is 23.8 Å². The second kappa shape index (κ2) is 5.88. The maximum atomic E-state index is 5.33. The zero-order valence-corrected chi connectivity index (χ0v) is 12.1. The van der Waals surface area contributed by atoms with Gasteiger partial charge in [0.15, 0.2) is 10.6 Å². The zero-order chi connectivity index (χ0) is 13.8. The number of methoxy groups -OCH3 is 1. The van der Waals surface area contributed by atoms with E-state index in [1.165, 1.54) is 0 Å². The van der Waals surface area contributed by atoms with E-state index in [4.69, 9.17) is 17.0 Å². The molecule has 0 saturated carbocycles. The van der Waals surface area contributed by atoms with Gasteiger partial charge < -0.3 is 14.6 Å². The van der Waals surface area contributed by atoms with E-state index in [1.807, 2.05) is 42.7 Å². The first-order chi connectivity index (χ1) is 9.17. The minimum Gasteiger partial charge on any atom is -0.495 e. The molecular weight excluding hydrogens is 260 g/mol. The van der Waals surface area contributed by atoms with Crippen LogP contribution in [0.3, 0.4) is 0 Å². The Balaban J connectivity index is 2.25. The van der Waals surface area contributed by atoms with Gasteiger partial charge in [-0.05, 0) is 38.2 Å². The lowest BCUT2D eigenvalue weighted by molar-refractivity contribution is 0.416. The Bertz CT molecular complexity index is 605. The van der Waals surface area contributed by atoms with Gasteiger partial charge in [-0.1, -0.05) is 12.1 Å². The van der Waals surface area contributed by atoms with Crippen molar-refractivity contribution < 1.29 is 4.74 Å².